The van der Waals surface area contributed by atoms with Gasteiger partial charge in [-0.15, -0.1) is 0 Å². The van der Waals surface area contributed by atoms with E-state index in [1.165, 1.54) is 19.3 Å². The molecule has 3 unspecified atom stereocenters. The number of nitrogens with zero attached hydrogens (tertiary/aromatic N) is 2. The van der Waals surface area contributed by atoms with Gasteiger partial charge in [-0.1, -0.05) is 20.8 Å². The van der Waals surface area contributed by atoms with Gasteiger partial charge < -0.3 is 4.57 Å². The minimum atomic E-state index is 0.555. The summed E-state index contributed by atoms with van der Waals surface area (Å²) in [7, 11) is 0. The third-order valence-electron chi connectivity index (χ3n) is 3.97. The summed E-state index contributed by atoms with van der Waals surface area (Å²) in [5, 5.41) is 7.35. The summed E-state index contributed by atoms with van der Waals surface area (Å²) in [6, 6.07) is 0.555. The summed E-state index contributed by atoms with van der Waals surface area (Å²) in [5.74, 6) is 2.71. The van der Waals surface area contributed by atoms with Crippen molar-refractivity contribution >= 4 is 12.2 Å². The molecule has 2 rings (SSSR count). The van der Waals surface area contributed by atoms with Crippen LogP contribution in [-0.2, 0) is 6.42 Å². The number of hydrogen-bond acceptors (Lipinski definition) is 2. The van der Waals surface area contributed by atoms with Crippen molar-refractivity contribution < 1.29 is 0 Å². The zero-order valence-electron chi connectivity index (χ0n) is 11.1. The van der Waals surface area contributed by atoms with Gasteiger partial charge in [-0.3, -0.25) is 5.10 Å². The van der Waals surface area contributed by atoms with Gasteiger partial charge >= 0.3 is 0 Å². The monoisotopic (exact) mass is 253 g/mol. The fourth-order valence-corrected chi connectivity index (χ4v) is 3.40. The number of rotatable bonds is 3. The van der Waals surface area contributed by atoms with Crippen LogP contribution in [0.1, 0.15) is 58.3 Å². The number of aromatic nitrogens is 3. The Morgan fingerprint density at radius 1 is 1.41 bits per heavy atom. The Morgan fingerprint density at radius 2 is 2.18 bits per heavy atom. The highest BCUT2D eigenvalue weighted by Gasteiger charge is 2.28. The van der Waals surface area contributed by atoms with Gasteiger partial charge in [0.25, 0.3) is 0 Å². The summed E-state index contributed by atoms with van der Waals surface area (Å²) < 4.78 is 3.09. The van der Waals surface area contributed by atoms with Crippen LogP contribution < -0.4 is 0 Å². The highest BCUT2D eigenvalue weighted by molar-refractivity contribution is 7.71. The zero-order chi connectivity index (χ0) is 12.4. The van der Waals surface area contributed by atoms with E-state index in [1.807, 2.05) is 0 Å². The van der Waals surface area contributed by atoms with Crippen molar-refractivity contribution in [1.29, 1.82) is 0 Å². The van der Waals surface area contributed by atoms with Crippen LogP contribution in [0.3, 0.4) is 0 Å². The molecule has 0 aliphatic heterocycles. The van der Waals surface area contributed by atoms with Gasteiger partial charge in [0.1, 0.15) is 5.82 Å². The van der Waals surface area contributed by atoms with Crippen molar-refractivity contribution in [3.8, 4) is 0 Å². The molecule has 1 saturated carbocycles. The Morgan fingerprint density at radius 3 is 2.82 bits per heavy atom. The molecule has 3 nitrogen and oxygen atoms in total. The van der Waals surface area contributed by atoms with Crippen molar-refractivity contribution in [2.24, 2.45) is 11.8 Å². The minimum Gasteiger partial charge on any atom is -0.301 e. The fourth-order valence-electron chi connectivity index (χ4n) is 3.11. The zero-order valence-corrected chi connectivity index (χ0v) is 11.9. The molecule has 1 N–H and O–H groups in total. The molecule has 0 saturated heterocycles. The molecule has 1 aliphatic carbocycles. The van der Waals surface area contributed by atoms with Crippen molar-refractivity contribution in [3.63, 3.8) is 0 Å². The van der Waals surface area contributed by atoms with Gasteiger partial charge in [-0.2, -0.15) is 5.10 Å². The lowest BCUT2D eigenvalue weighted by molar-refractivity contribution is 0.202. The maximum Gasteiger partial charge on any atom is 0.195 e. The van der Waals surface area contributed by atoms with Gasteiger partial charge in [0.2, 0.25) is 0 Å². The van der Waals surface area contributed by atoms with Crippen molar-refractivity contribution in [3.05, 3.63) is 10.6 Å². The number of hydrogen-bond donors (Lipinski definition) is 1. The van der Waals surface area contributed by atoms with E-state index >= 15 is 0 Å². The smallest absolute Gasteiger partial charge is 0.195 e. The second-order valence-electron chi connectivity index (χ2n) is 5.53. The third-order valence-corrected chi connectivity index (χ3v) is 4.26. The van der Waals surface area contributed by atoms with E-state index < -0.39 is 0 Å². The Kier molecular flexibility index (Phi) is 4.02. The van der Waals surface area contributed by atoms with Gasteiger partial charge in [0, 0.05) is 12.5 Å². The van der Waals surface area contributed by atoms with Gasteiger partial charge in [-0.25, -0.2) is 0 Å². The quantitative estimate of drug-likeness (QED) is 0.829. The molecule has 0 amide bonds. The van der Waals surface area contributed by atoms with Crippen molar-refractivity contribution in [2.75, 3.05) is 0 Å². The molecule has 0 bridgehead atoms. The van der Waals surface area contributed by atoms with E-state index in [9.17, 15) is 0 Å². The van der Waals surface area contributed by atoms with E-state index in [4.69, 9.17) is 12.2 Å². The molecule has 4 heteroatoms. The van der Waals surface area contributed by atoms with Crippen LogP contribution in [0, 0.1) is 16.6 Å². The predicted octanol–water partition coefficient (Wildman–Crippen LogP) is 3.89. The van der Waals surface area contributed by atoms with E-state index in [-0.39, 0.29) is 0 Å². The van der Waals surface area contributed by atoms with Crippen LogP contribution in [0.4, 0.5) is 0 Å². The first kappa shape index (κ1) is 12.8. The lowest BCUT2D eigenvalue weighted by atomic mass is 9.79. The van der Waals surface area contributed by atoms with Crippen molar-refractivity contribution in [2.45, 2.75) is 58.9 Å². The second-order valence-corrected chi connectivity index (χ2v) is 5.91. The van der Waals surface area contributed by atoms with Crippen molar-refractivity contribution in [1.82, 2.24) is 14.8 Å². The Hall–Kier alpha value is -0.640. The minimum absolute atomic E-state index is 0.555. The molecule has 0 spiro atoms. The van der Waals surface area contributed by atoms with Crippen LogP contribution in [0.2, 0.25) is 0 Å². The maximum absolute atomic E-state index is 5.40. The lowest BCUT2D eigenvalue weighted by Gasteiger charge is -2.34. The Labute approximate surface area is 109 Å². The van der Waals surface area contributed by atoms with Crippen LogP contribution in [0.15, 0.2) is 0 Å². The highest BCUT2D eigenvalue weighted by atomic mass is 32.1. The maximum atomic E-state index is 5.40. The Balaban J connectivity index is 2.26. The van der Waals surface area contributed by atoms with Crippen LogP contribution >= 0.6 is 12.2 Å². The number of nitrogens with one attached hydrogen (secondary N) is 1. The van der Waals surface area contributed by atoms with Crippen LogP contribution in [-0.4, -0.2) is 14.8 Å². The van der Waals surface area contributed by atoms with Crippen LogP contribution in [0.25, 0.3) is 0 Å². The molecule has 1 heterocycles. The Bertz CT molecular complexity index is 421. The normalized spacial score (nSPS) is 29.5. The van der Waals surface area contributed by atoms with E-state index in [1.54, 1.807) is 0 Å². The average molecular weight is 253 g/mol. The molecule has 1 aliphatic rings. The molecular formula is C13H23N3S. The average Bonchev–Trinajstić information content (AvgIpc) is 2.62. The summed E-state index contributed by atoms with van der Waals surface area (Å²) in [6.07, 6.45) is 6.01. The second kappa shape index (κ2) is 5.34. The molecule has 1 fully saturated rings. The lowest BCUT2D eigenvalue weighted by Crippen LogP contribution is -2.26. The number of H-pyrrole nitrogens is 1. The molecular weight excluding hydrogens is 230 g/mol. The van der Waals surface area contributed by atoms with Crippen LogP contribution in [0.5, 0.6) is 0 Å². The number of aryl methyl sites for hydroxylation is 1. The fraction of sp³-hybridized carbons (Fsp3) is 0.846. The molecule has 1 aromatic rings. The molecule has 96 valence electrons. The molecule has 17 heavy (non-hydrogen) atoms. The predicted molar refractivity (Wildman–Crippen MR) is 72.6 cm³/mol. The molecule has 0 aromatic carbocycles. The summed E-state index contributed by atoms with van der Waals surface area (Å²) in [4.78, 5) is 0. The summed E-state index contributed by atoms with van der Waals surface area (Å²) >= 11 is 5.40. The van der Waals surface area contributed by atoms with Gasteiger partial charge in [0.15, 0.2) is 4.77 Å². The van der Waals surface area contributed by atoms with Gasteiger partial charge in [0.05, 0.1) is 0 Å². The topological polar surface area (TPSA) is 33.6 Å². The molecule has 1 aromatic heterocycles. The first-order valence-electron chi connectivity index (χ1n) is 6.79. The van der Waals surface area contributed by atoms with E-state index in [2.05, 4.69) is 35.5 Å². The molecule has 3 atom stereocenters. The first-order chi connectivity index (χ1) is 8.13. The van der Waals surface area contributed by atoms with Gasteiger partial charge in [-0.05, 0) is 49.7 Å². The van der Waals surface area contributed by atoms with E-state index in [0.717, 1.165) is 29.4 Å². The molecule has 0 radical (unpaired) electrons. The summed E-state index contributed by atoms with van der Waals surface area (Å²) in [6.45, 7) is 6.90. The summed E-state index contributed by atoms with van der Waals surface area (Å²) in [5.41, 5.74) is 0. The highest BCUT2D eigenvalue weighted by Crippen LogP contribution is 2.37. The number of aromatic amines is 1. The standard InChI is InChI=1S/C13H23N3S/c1-4-5-12-14-15-13(17)16(12)11-7-6-9(2)8-10(11)3/h9-11H,4-8H2,1-3H3,(H,15,17). The first-order valence-corrected chi connectivity index (χ1v) is 7.20. The SMILES string of the molecule is CCCc1n[nH]c(=S)n1C1CCC(C)CC1C. The largest absolute Gasteiger partial charge is 0.301 e. The third kappa shape index (κ3) is 2.62. The van der Waals surface area contributed by atoms with E-state index in [0.29, 0.717) is 12.0 Å².